The Balaban J connectivity index is 2.51. The quantitative estimate of drug-likeness (QED) is 0.808. The van der Waals surface area contributed by atoms with Crippen LogP contribution >= 0.6 is 23.2 Å². The van der Waals surface area contributed by atoms with Crippen molar-refractivity contribution in [2.24, 2.45) is 0 Å². The molecule has 1 aromatic carbocycles. The molecule has 0 saturated heterocycles. The van der Waals surface area contributed by atoms with E-state index in [4.69, 9.17) is 23.2 Å². The van der Waals surface area contributed by atoms with E-state index < -0.39 is 0 Å². The van der Waals surface area contributed by atoms with Crippen molar-refractivity contribution in [3.8, 4) is 0 Å². The molecule has 2 nitrogen and oxygen atoms in total. The number of allylic oxidation sites excluding steroid dienone is 1. The molecule has 0 saturated carbocycles. The van der Waals surface area contributed by atoms with E-state index in [0.717, 1.165) is 29.7 Å². The van der Waals surface area contributed by atoms with Gasteiger partial charge in [0, 0.05) is 17.0 Å². The summed E-state index contributed by atoms with van der Waals surface area (Å²) >= 11 is 11.6. The van der Waals surface area contributed by atoms with Crippen molar-refractivity contribution < 1.29 is 0 Å². The fourth-order valence-corrected chi connectivity index (χ4v) is 2.09. The predicted molar refractivity (Wildman–Crippen MR) is 73.5 cm³/mol. The van der Waals surface area contributed by atoms with Crippen molar-refractivity contribution >= 4 is 34.2 Å². The smallest absolute Gasteiger partial charge is 0.110 e. The zero-order chi connectivity index (χ0) is 12.3. The zero-order valence-electron chi connectivity index (χ0n) is 9.66. The summed E-state index contributed by atoms with van der Waals surface area (Å²) in [5, 5.41) is 0.618. The molecule has 0 unspecified atom stereocenters. The summed E-state index contributed by atoms with van der Waals surface area (Å²) < 4.78 is 2.13. The van der Waals surface area contributed by atoms with Gasteiger partial charge in [0.2, 0.25) is 0 Å². The molecule has 2 rings (SSSR count). The molecule has 0 fully saturated rings. The van der Waals surface area contributed by atoms with Crippen LogP contribution in [-0.2, 0) is 13.0 Å². The van der Waals surface area contributed by atoms with E-state index in [1.807, 2.05) is 18.2 Å². The highest BCUT2D eigenvalue weighted by Gasteiger charge is 2.10. The Labute approximate surface area is 111 Å². The van der Waals surface area contributed by atoms with Crippen LogP contribution in [-0.4, -0.2) is 9.55 Å². The van der Waals surface area contributed by atoms with E-state index in [1.165, 1.54) is 5.54 Å². The molecule has 0 N–H and O–H groups in total. The van der Waals surface area contributed by atoms with Crippen LogP contribution in [0.5, 0.6) is 0 Å². The number of fused-ring (bicyclic) bond motifs is 1. The number of nitrogens with zero attached hydrogens (tertiary/aromatic N) is 2. The third-order valence-corrected chi connectivity index (χ3v) is 3.24. The molecule has 1 heterocycles. The summed E-state index contributed by atoms with van der Waals surface area (Å²) in [6.45, 7) is 2.73. The maximum Gasteiger partial charge on any atom is 0.110 e. The van der Waals surface area contributed by atoms with Crippen LogP contribution in [0.15, 0.2) is 34.8 Å². The second-order valence-electron chi connectivity index (χ2n) is 3.91. The summed E-state index contributed by atoms with van der Waals surface area (Å²) in [4.78, 5) is 4.62. The number of hydrogen-bond donors (Lipinski definition) is 0. The number of para-hydroxylation sites is 2. The van der Waals surface area contributed by atoms with Gasteiger partial charge in [-0.3, -0.25) is 0 Å². The number of aryl methyl sites for hydroxylation is 1. The van der Waals surface area contributed by atoms with Gasteiger partial charge in [0.1, 0.15) is 5.82 Å². The molecule has 0 bridgehead atoms. The Morgan fingerprint density at radius 2 is 2.18 bits per heavy atom. The highest BCUT2D eigenvalue weighted by Crippen LogP contribution is 2.20. The van der Waals surface area contributed by atoms with E-state index in [0.29, 0.717) is 11.6 Å². The first-order chi connectivity index (χ1) is 8.26. The van der Waals surface area contributed by atoms with Crippen molar-refractivity contribution in [1.82, 2.24) is 9.55 Å². The monoisotopic (exact) mass is 268 g/mol. The molecule has 1 aromatic heterocycles. The van der Waals surface area contributed by atoms with Crippen LogP contribution in [0.1, 0.15) is 19.2 Å². The molecule has 0 atom stereocenters. The Morgan fingerprint density at radius 1 is 1.41 bits per heavy atom. The molecule has 0 aliphatic carbocycles. The number of hydrogen-bond acceptors (Lipinski definition) is 1. The summed E-state index contributed by atoms with van der Waals surface area (Å²) in [6.07, 6.45) is 2.01. The molecule has 0 spiro atoms. The van der Waals surface area contributed by atoms with Crippen molar-refractivity contribution in [2.45, 2.75) is 26.3 Å². The van der Waals surface area contributed by atoms with Gasteiger partial charge in [0.15, 0.2) is 0 Å². The Hall–Kier alpha value is -0.990. The fraction of sp³-hybridized carbons (Fsp3) is 0.308. The Kier molecular flexibility index (Phi) is 4.08. The molecule has 90 valence electrons. The highest BCUT2D eigenvalue weighted by atomic mass is 35.5. The van der Waals surface area contributed by atoms with Crippen molar-refractivity contribution in [3.63, 3.8) is 0 Å². The van der Waals surface area contributed by atoms with Gasteiger partial charge in [0.25, 0.3) is 0 Å². The second kappa shape index (κ2) is 5.56. The number of aromatic nitrogens is 2. The predicted octanol–water partition coefficient (Wildman–Crippen LogP) is 4.31. The molecular formula is C13H14Cl2N2. The maximum atomic E-state index is 6.01. The lowest BCUT2D eigenvalue weighted by Gasteiger charge is -2.07. The lowest BCUT2D eigenvalue weighted by Crippen LogP contribution is -2.03. The molecule has 0 radical (unpaired) electrons. The van der Waals surface area contributed by atoms with Gasteiger partial charge < -0.3 is 4.57 Å². The van der Waals surface area contributed by atoms with Crippen molar-refractivity contribution in [2.75, 3.05) is 0 Å². The minimum absolute atomic E-state index is 0.584. The van der Waals surface area contributed by atoms with Crippen molar-refractivity contribution in [1.29, 1.82) is 0 Å². The van der Waals surface area contributed by atoms with E-state index in [-0.39, 0.29) is 0 Å². The molecule has 2 aromatic rings. The van der Waals surface area contributed by atoms with Gasteiger partial charge in [-0.25, -0.2) is 4.98 Å². The standard InChI is InChI=1S/C13H14Cl2N2/c1-2-5-13-16-11-6-3-4-7-12(11)17(13)9-10(15)8-14/h3-4,6-8H,2,5,9H2,1H3/b10-8-. The van der Waals surface area contributed by atoms with E-state index in [9.17, 15) is 0 Å². The number of imidazole rings is 1. The topological polar surface area (TPSA) is 17.8 Å². The summed E-state index contributed by atoms with van der Waals surface area (Å²) in [7, 11) is 0. The minimum Gasteiger partial charge on any atom is -0.323 e. The lowest BCUT2D eigenvalue weighted by molar-refractivity contribution is 0.728. The van der Waals surface area contributed by atoms with Crippen LogP contribution in [0.2, 0.25) is 0 Å². The van der Waals surface area contributed by atoms with Crippen molar-refractivity contribution in [3.05, 3.63) is 40.7 Å². The van der Waals surface area contributed by atoms with E-state index >= 15 is 0 Å². The highest BCUT2D eigenvalue weighted by molar-refractivity contribution is 6.36. The zero-order valence-corrected chi connectivity index (χ0v) is 11.2. The van der Waals surface area contributed by atoms with Gasteiger partial charge in [-0.15, -0.1) is 0 Å². The van der Waals surface area contributed by atoms with Crippen LogP contribution < -0.4 is 0 Å². The van der Waals surface area contributed by atoms with E-state index in [1.54, 1.807) is 0 Å². The third-order valence-electron chi connectivity index (χ3n) is 2.63. The SMILES string of the molecule is CCCc1nc2ccccc2n1C/C(Cl)=C/Cl. The van der Waals surface area contributed by atoms with Crippen LogP contribution in [0, 0.1) is 0 Å². The second-order valence-corrected chi connectivity index (χ2v) is 4.61. The normalized spacial score (nSPS) is 12.3. The largest absolute Gasteiger partial charge is 0.323 e. The Bertz CT molecular complexity index is 543. The van der Waals surface area contributed by atoms with Gasteiger partial charge in [-0.05, 0) is 18.6 Å². The van der Waals surface area contributed by atoms with Crippen LogP contribution in [0.4, 0.5) is 0 Å². The maximum absolute atomic E-state index is 6.01. The van der Waals surface area contributed by atoms with Gasteiger partial charge in [-0.1, -0.05) is 42.3 Å². The average Bonchev–Trinajstić information content (AvgIpc) is 2.68. The van der Waals surface area contributed by atoms with E-state index in [2.05, 4.69) is 22.5 Å². The van der Waals surface area contributed by atoms with Gasteiger partial charge >= 0.3 is 0 Å². The third kappa shape index (κ3) is 2.64. The molecule has 0 aliphatic heterocycles. The fourth-order valence-electron chi connectivity index (χ4n) is 1.90. The first kappa shape index (κ1) is 12.5. The molecule has 4 heteroatoms. The first-order valence-electron chi connectivity index (χ1n) is 5.65. The van der Waals surface area contributed by atoms with Crippen LogP contribution in [0.25, 0.3) is 11.0 Å². The average molecular weight is 269 g/mol. The summed E-state index contributed by atoms with van der Waals surface area (Å²) in [6, 6.07) is 8.08. The summed E-state index contributed by atoms with van der Waals surface area (Å²) in [5.41, 5.74) is 3.52. The molecule has 0 amide bonds. The first-order valence-corrected chi connectivity index (χ1v) is 6.46. The van der Waals surface area contributed by atoms with Crippen LogP contribution in [0.3, 0.4) is 0 Å². The Morgan fingerprint density at radius 3 is 2.88 bits per heavy atom. The number of benzene rings is 1. The van der Waals surface area contributed by atoms with Gasteiger partial charge in [-0.2, -0.15) is 0 Å². The molecular weight excluding hydrogens is 255 g/mol. The van der Waals surface area contributed by atoms with Gasteiger partial charge in [0.05, 0.1) is 17.6 Å². The molecule has 0 aliphatic rings. The number of halogens is 2. The summed E-state index contributed by atoms with van der Waals surface area (Å²) in [5.74, 6) is 1.06. The minimum atomic E-state index is 0.584. The lowest BCUT2D eigenvalue weighted by atomic mass is 10.3. The number of rotatable bonds is 4. The molecule has 17 heavy (non-hydrogen) atoms.